The summed E-state index contributed by atoms with van der Waals surface area (Å²) in [5.41, 5.74) is 0.454. The number of aromatic hydroxyl groups is 1. The van der Waals surface area contributed by atoms with Crippen molar-refractivity contribution in [2.45, 2.75) is 0 Å². The van der Waals surface area contributed by atoms with Gasteiger partial charge in [-0.3, -0.25) is 29.7 Å². The third-order valence-corrected chi connectivity index (χ3v) is 3.33. The number of hydrogen-bond donors (Lipinski definition) is 2. The maximum absolute atomic E-state index is 11.9. The molecule has 0 fully saturated rings. The number of phenolic OH excluding ortho intramolecular Hbond substituents is 1. The van der Waals surface area contributed by atoms with Gasteiger partial charge in [0.2, 0.25) is 11.4 Å². The first kappa shape index (κ1) is 18.0. The third-order valence-electron chi connectivity index (χ3n) is 2.87. The number of carbonyl (C=O) groups is 1. The molecule has 0 radical (unpaired) electrons. The van der Waals surface area contributed by atoms with Gasteiger partial charge in [0.15, 0.2) is 0 Å². The van der Waals surface area contributed by atoms with Gasteiger partial charge >= 0.3 is 11.4 Å². The highest BCUT2D eigenvalue weighted by Crippen LogP contribution is 2.32. The standard InChI is InChI=1S/C12H9BrN6O6/c1-17-5-9(19(24)25)10(16-17)12(21)15-14-4-6-2-7(13)3-8(11(6)20)18(22)23/h2-5,20H,1H3,(H,15,21)/b14-4+. The molecule has 130 valence electrons. The van der Waals surface area contributed by atoms with Crippen LogP contribution >= 0.6 is 15.9 Å². The van der Waals surface area contributed by atoms with E-state index in [4.69, 9.17) is 0 Å². The van der Waals surface area contributed by atoms with Crippen LogP contribution in [0.3, 0.4) is 0 Å². The zero-order valence-electron chi connectivity index (χ0n) is 12.4. The van der Waals surface area contributed by atoms with Crippen molar-refractivity contribution >= 4 is 39.4 Å². The molecule has 1 aromatic carbocycles. The fourth-order valence-corrected chi connectivity index (χ4v) is 2.29. The van der Waals surface area contributed by atoms with Crippen LogP contribution < -0.4 is 5.43 Å². The van der Waals surface area contributed by atoms with E-state index < -0.39 is 38.6 Å². The van der Waals surface area contributed by atoms with E-state index in [1.165, 1.54) is 13.1 Å². The van der Waals surface area contributed by atoms with Crippen molar-refractivity contribution in [1.82, 2.24) is 15.2 Å². The molecular formula is C12H9BrN6O6. The number of hydrogen-bond acceptors (Lipinski definition) is 8. The van der Waals surface area contributed by atoms with Gasteiger partial charge in [-0.2, -0.15) is 10.2 Å². The van der Waals surface area contributed by atoms with E-state index in [1.807, 2.05) is 5.43 Å². The van der Waals surface area contributed by atoms with Crippen LogP contribution in [-0.4, -0.2) is 36.9 Å². The van der Waals surface area contributed by atoms with Gasteiger partial charge in [0, 0.05) is 23.2 Å². The molecule has 2 N–H and O–H groups in total. The first-order chi connectivity index (χ1) is 11.7. The average molecular weight is 413 g/mol. The van der Waals surface area contributed by atoms with Gasteiger partial charge in [0.05, 0.1) is 16.1 Å². The maximum atomic E-state index is 11.9. The third kappa shape index (κ3) is 3.95. The van der Waals surface area contributed by atoms with Gasteiger partial charge in [-0.25, -0.2) is 5.43 Å². The molecule has 0 aliphatic heterocycles. The SMILES string of the molecule is Cn1cc([N+](=O)[O-])c(C(=O)N/N=C/c2cc(Br)cc([N+](=O)[O-])c2O)n1. The van der Waals surface area contributed by atoms with Gasteiger partial charge in [0.1, 0.15) is 6.20 Å². The number of hydrazone groups is 1. The lowest BCUT2D eigenvalue weighted by atomic mass is 10.2. The quantitative estimate of drug-likeness (QED) is 0.425. The molecule has 0 bridgehead atoms. The van der Waals surface area contributed by atoms with Crippen molar-refractivity contribution in [2.75, 3.05) is 0 Å². The van der Waals surface area contributed by atoms with Gasteiger partial charge < -0.3 is 5.11 Å². The monoisotopic (exact) mass is 412 g/mol. The van der Waals surface area contributed by atoms with Crippen LogP contribution in [0.15, 0.2) is 27.9 Å². The molecule has 13 heteroatoms. The predicted molar refractivity (Wildman–Crippen MR) is 87.4 cm³/mol. The molecule has 2 aromatic rings. The Hall–Kier alpha value is -3.35. The number of aryl methyl sites for hydroxylation is 1. The van der Waals surface area contributed by atoms with E-state index in [2.05, 4.69) is 26.1 Å². The van der Waals surface area contributed by atoms with E-state index in [0.717, 1.165) is 23.2 Å². The minimum atomic E-state index is -0.951. The van der Waals surface area contributed by atoms with Crippen LogP contribution in [-0.2, 0) is 7.05 Å². The summed E-state index contributed by atoms with van der Waals surface area (Å²) in [6.07, 6.45) is 2.02. The summed E-state index contributed by atoms with van der Waals surface area (Å²) in [6, 6.07) is 2.43. The molecule has 0 unspecified atom stereocenters. The molecule has 0 aliphatic carbocycles. The Morgan fingerprint density at radius 2 is 2.00 bits per heavy atom. The minimum Gasteiger partial charge on any atom is -0.502 e. The Balaban J connectivity index is 2.23. The minimum absolute atomic E-state index is 0.0445. The van der Waals surface area contributed by atoms with Crippen LogP contribution in [0.25, 0.3) is 0 Å². The Morgan fingerprint density at radius 1 is 1.36 bits per heavy atom. The van der Waals surface area contributed by atoms with Crippen molar-refractivity contribution < 1.29 is 19.7 Å². The van der Waals surface area contributed by atoms with Crippen molar-refractivity contribution in [2.24, 2.45) is 12.1 Å². The summed E-state index contributed by atoms with van der Waals surface area (Å²) < 4.78 is 1.41. The van der Waals surface area contributed by atoms with Crippen LogP contribution in [0.1, 0.15) is 16.1 Å². The van der Waals surface area contributed by atoms with Crippen molar-refractivity contribution in [3.8, 4) is 5.75 Å². The largest absolute Gasteiger partial charge is 0.502 e. The summed E-state index contributed by atoms with van der Waals surface area (Å²) in [6.45, 7) is 0. The molecule has 25 heavy (non-hydrogen) atoms. The molecule has 0 saturated heterocycles. The van der Waals surface area contributed by atoms with Crippen molar-refractivity contribution in [1.29, 1.82) is 0 Å². The van der Waals surface area contributed by atoms with Crippen LogP contribution in [0.5, 0.6) is 5.75 Å². The van der Waals surface area contributed by atoms with Crippen molar-refractivity contribution in [3.63, 3.8) is 0 Å². The van der Waals surface area contributed by atoms with E-state index in [1.54, 1.807) is 0 Å². The predicted octanol–water partition coefficient (Wildman–Crippen LogP) is 1.47. The molecule has 1 heterocycles. The number of benzene rings is 1. The Kier molecular flexibility index (Phi) is 5.07. The summed E-state index contributed by atoms with van der Waals surface area (Å²) in [5.74, 6) is -1.59. The number of nitrogens with zero attached hydrogens (tertiary/aromatic N) is 5. The highest BCUT2D eigenvalue weighted by molar-refractivity contribution is 9.10. The molecule has 0 saturated carbocycles. The first-order valence-electron chi connectivity index (χ1n) is 6.39. The average Bonchev–Trinajstić information content (AvgIpc) is 2.92. The molecule has 12 nitrogen and oxygen atoms in total. The second kappa shape index (κ2) is 7.04. The van der Waals surface area contributed by atoms with Gasteiger partial charge in [-0.1, -0.05) is 15.9 Å². The number of nitro groups is 2. The van der Waals surface area contributed by atoms with E-state index in [9.17, 15) is 30.1 Å². The fraction of sp³-hybridized carbons (Fsp3) is 0.0833. The van der Waals surface area contributed by atoms with E-state index >= 15 is 0 Å². The highest BCUT2D eigenvalue weighted by Gasteiger charge is 2.24. The van der Waals surface area contributed by atoms with Crippen LogP contribution in [0.4, 0.5) is 11.4 Å². The van der Waals surface area contributed by atoms with E-state index in [-0.39, 0.29) is 5.56 Å². The van der Waals surface area contributed by atoms with Crippen LogP contribution in [0, 0.1) is 20.2 Å². The summed E-state index contributed by atoms with van der Waals surface area (Å²) in [5, 5.41) is 38.7. The lowest BCUT2D eigenvalue weighted by Gasteiger charge is -2.01. The number of phenols is 1. The lowest BCUT2D eigenvalue weighted by Crippen LogP contribution is -2.19. The molecule has 2 rings (SSSR count). The highest BCUT2D eigenvalue weighted by atomic mass is 79.9. The smallest absolute Gasteiger partial charge is 0.320 e. The number of nitrogens with one attached hydrogen (secondary N) is 1. The first-order valence-corrected chi connectivity index (χ1v) is 7.18. The molecule has 0 spiro atoms. The number of aromatic nitrogens is 2. The van der Waals surface area contributed by atoms with Crippen LogP contribution in [0.2, 0.25) is 0 Å². The number of nitro benzene ring substituents is 1. The second-order valence-corrected chi connectivity index (χ2v) is 5.53. The molecule has 0 aliphatic rings. The van der Waals surface area contributed by atoms with Gasteiger partial charge in [0.25, 0.3) is 5.91 Å². The molecule has 1 aromatic heterocycles. The number of amides is 1. The normalized spacial score (nSPS) is 10.8. The Labute approximate surface area is 147 Å². The fourth-order valence-electron chi connectivity index (χ4n) is 1.83. The molecular weight excluding hydrogens is 404 g/mol. The number of halogens is 1. The van der Waals surface area contributed by atoms with Gasteiger partial charge in [-0.05, 0) is 6.07 Å². The molecule has 1 amide bonds. The van der Waals surface area contributed by atoms with Gasteiger partial charge in [-0.15, -0.1) is 0 Å². The van der Waals surface area contributed by atoms with E-state index in [0.29, 0.717) is 4.47 Å². The lowest BCUT2D eigenvalue weighted by molar-refractivity contribution is -0.386. The summed E-state index contributed by atoms with van der Waals surface area (Å²) in [7, 11) is 1.41. The summed E-state index contributed by atoms with van der Waals surface area (Å²) in [4.78, 5) is 32.0. The summed E-state index contributed by atoms with van der Waals surface area (Å²) >= 11 is 3.05. The number of carbonyl (C=O) groups excluding carboxylic acids is 1. The van der Waals surface area contributed by atoms with Crippen molar-refractivity contribution in [3.05, 3.63) is 54.3 Å². The zero-order valence-corrected chi connectivity index (χ0v) is 14.0. The second-order valence-electron chi connectivity index (χ2n) is 4.61. The molecule has 0 atom stereocenters. The zero-order chi connectivity index (χ0) is 18.7. The number of rotatable bonds is 5. The maximum Gasteiger partial charge on any atom is 0.320 e. The Bertz CT molecular complexity index is 908. The Morgan fingerprint density at radius 3 is 2.60 bits per heavy atom. The topological polar surface area (TPSA) is 166 Å².